The molecule has 0 N–H and O–H groups in total. The van der Waals surface area contributed by atoms with Gasteiger partial charge in [-0.05, 0) is 18.4 Å². The Morgan fingerprint density at radius 3 is 1.71 bits per heavy atom. The SMILES string of the molecule is CCCCCOc1c(OC)c(OC)c([P-]C(=O)c2ccccc2)c(OCCCCC)c1OC.[Li+]. The number of ether oxygens (including phenoxy) is 5. The fourth-order valence-corrected chi connectivity index (χ4v) is 4.40. The van der Waals surface area contributed by atoms with Crippen LogP contribution >= 0.6 is 8.58 Å². The predicted octanol–water partition coefficient (Wildman–Crippen LogP) is 3.27. The molecule has 0 unspecified atom stereocenters. The van der Waals surface area contributed by atoms with Gasteiger partial charge in [-0.3, -0.25) is 0 Å². The Morgan fingerprint density at radius 2 is 1.21 bits per heavy atom. The van der Waals surface area contributed by atoms with Crippen molar-refractivity contribution < 1.29 is 47.3 Å². The molecule has 0 amide bonds. The molecular weight excluding hydrogens is 446 g/mol. The topological polar surface area (TPSA) is 63.2 Å². The summed E-state index contributed by atoms with van der Waals surface area (Å²) in [6.07, 6.45) is 6.08. The number of carbonyl (C=O) groups is 1. The third-order valence-corrected chi connectivity index (χ3v) is 6.18. The van der Waals surface area contributed by atoms with Gasteiger partial charge in [-0.25, -0.2) is 0 Å². The molecular formula is C26H36LiO6P. The second-order valence-corrected chi connectivity index (χ2v) is 8.58. The zero-order valence-corrected chi connectivity index (χ0v) is 22.3. The number of unbranched alkanes of at least 4 members (excludes halogenated alkanes) is 4. The van der Waals surface area contributed by atoms with E-state index in [-0.39, 0.29) is 24.4 Å². The average molecular weight is 482 g/mol. The van der Waals surface area contributed by atoms with E-state index in [0.717, 1.165) is 38.5 Å². The maximum absolute atomic E-state index is 13.1. The molecule has 0 saturated heterocycles. The van der Waals surface area contributed by atoms with Crippen LogP contribution in [0.4, 0.5) is 0 Å². The monoisotopic (exact) mass is 482 g/mol. The first-order valence-electron chi connectivity index (χ1n) is 11.5. The molecule has 0 aliphatic heterocycles. The van der Waals surface area contributed by atoms with Crippen molar-refractivity contribution >= 4 is 19.4 Å². The molecule has 0 spiro atoms. The van der Waals surface area contributed by atoms with Crippen LogP contribution in [0.1, 0.15) is 62.7 Å². The van der Waals surface area contributed by atoms with Gasteiger partial charge in [0.15, 0.2) is 0 Å². The Balaban J connectivity index is 0.00000578. The van der Waals surface area contributed by atoms with E-state index >= 15 is 0 Å². The van der Waals surface area contributed by atoms with E-state index in [2.05, 4.69) is 13.8 Å². The summed E-state index contributed by atoms with van der Waals surface area (Å²) in [6, 6.07) is 9.16. The second-order valence-electron chi connectivity index (χ2n) is 7.50. The standard InChI is InChI=1S/C26H36O6P.Li/c1-6-8-13-17-31-22-20(28-3)23(30-5)25(33-26(27)19-15-11-10-12-16-19)24(21(22)29-4)32-18-14-9-7-2;/h10-12,15-16H,6-9,13-14,17-18H2,1-5H3;/q-1;+1. The molecule has 2 rings (SSSR count). The molecule has 6 nitrogen and oxygen atoms in total. The largest absolute Gasteiger partial charge is 1.00 e. The Kier molecular flexibility index (Phi) is 14.8. The van der Waals surface area contributed by atoms with Crippen molar-refractivity contribution in [3.63, 3.8) is 0 Å². The van der Waals surface area contributed by atoms with Crippen LogP contribution in [-0.2, 0) is 0 Å². The van der Waals surface area contributed by atoms with Crippen LogP contribution in [0.2, 0.25) is 0 Å². The van der Waals surface area contributed by atoms with Gasteiger partial charge in [-0.2, -0.15) is 0 Å². The molecule has 0 aromatic heterocycles. The number of carbonyl (C=O) groups excluding carboxylic acids is 1. The van der Waals surface area contributed by atoms with Crippen molar-refractivity contribution in [2.75, 3.05) is 34.5 Å². The quantitative estimate of drug-likeness (QED) is 0.208. The summed E-state index contributed by atoms with van der Waals surface area (Å²) in [5.41, 5.74) is 0.531. The number of hydrogen-bond acceptors (Lipinski definition) is 6. The van der Waals surface area contributed by atoms with Gasteiger partial charge in [0, 0.05) is 5.52 Å². The fourth-order valence-electron chi connectivity index (χ4n) is 3.35. The molecule has 0 aliphatic carbocycles. The van der Waals surface area contributed by atoms with Gasteiger partial charge in [-0.1, -0.05) is 69.9 Å². The summed E-state index contributed by atoms with van der Waals surface area (Å²) in [5.74, 6) is 2.13. The van der Waals surface area contributed by atoms with E-state index in [9.17, 15) is 4.79 Å². The molecule has 0 saturated carbocycles. The van der Waals surface area contributed by atoms with Gasteiger partial charge >= 0.3 is 18.9 Å². The Bertz CT molecular complexity index is 876. The van der Waals surface area contributed by atoms with E-state index < -0.39 is 0 Å². The molecule has 0 radical (unpaired) electrons. The smallest absolute Gasteiger partial charge is 0.495 e. The molecule has 8 heteroatoms. The van der Waals surface area contributed by atoms with Crippen molar-refractivity contribution in [3.8, 4) is 28.7 Å². The van der Waals surface area contributed by atoms with Crippen LogP contribution in [0, 0.1) is 0 Å². The minimum Gasteiger partial charge on any atom is -0.495 e. The normalized spacial score (nSPS) is 10.6. The molecule has 0 heterocycles. The van der Waals surface area contributed by atoms with E-state index in [0.29, 0.717) is 61.4 Å². The van der Waals surface area contributed by atoms with Crippen LogP contribution < -0.4 is 47.8 Å². The Labute approximate surface area is 218 Å². The molecule has 2 aromatic rings. The van der Waals surface area contributed by atoms with Crippen molar-refractivity contribution in [2.45, 2.75) is 52.4 Å². The molecule has 0 bridgehead atoms. The van der Waals surface area contributed by atoms with Crippen LogP contribution in [0.3, 0.4) is 0 Å². The zero-order valence-electron chi connectivity index (χ0n) is 21.4. The number of benzene rings is 2. The zero-order chi connectivity index (χ0) is 24.1. The third-order valence-electron chi connectivity index (χ3n) is 5.09. The van der Waals surface area contributed by atoms with Crippen LogP contribution in [0.5, 0.6) is 28.7 Å². The van der Waals surface area contributed by atoms with Crippen LogP contribution in [0.15, 0.2) is 30.3 Å². The minimum absolute atomic E-state index is 0. The van der Waals surface area contributed by atoms with Gasteiger partial charge in [0.05, 0.1) is 34.5 Å². The Morgan fingerprint density at radius 1 is 0.706 bits per heavy atom. The first-order chi connectivity index (χ1) is 16.1. The van der Waals surface area contributed by atoms with Gasteiger partial charge in [0.25, 0.3) is 0 Å². The summed E-state index contributed by atoms with van der Waals surface area (Å²) in [7, 11) is 5.07. The summed E-state index contributed by atoms with van der Waals surface area (Å²) in [5, 5.41) is 0.567. The minimum atomic E-state index is -0.0759. The molecule has 34 heavy (non-hydrogen) atoms. The fraction of sp³-hybridized carbons (Fsp3) is 0.500. The van der Waals surface area contributed by atoms with Gasteiger partial charge in [0.1, 0.15) is 11.5 Å². The molecule has 0 fully saturated rings. The summed E-state index contributed by atoms with van der Waals surface area (Å²) in [6.45, 7) is 5.29. The predicted molar refractivity (Wildman–Crippen MR) is 133 cm³/mol. The van der Waals surface area contributed by atoms with E-state index in [1.807, 2.05) is 18.2 Å². The third kappa shape index (κ3) is 8.12. The van der Waals surface area contributed by atoms with E-state index in [1.165, 1.54) is 0 Å². The van der Waals surface area contributed by atoms with Crippen molar-refractivity contribution in [1.82, 2.24) is 0 Å². The molecule has 0 atom stereocenters. The molecule has 0 aliphatic rings. The van der Waals surface area contributed by atoms with Crippen molar-refractivity contribution in [3.05, 3.63) is 35.9 Å². The van der Waals surface area contributed by atoms with Crippen LogP contribution in [-0.4, -0.2) is 40.1 Å². The maximum Gasteiger partial charge on any atom is 1.00 e. The average Bonchev–Trinajstić information content (AvgIpc) is 2.85. The number of rotatable bonds is 16. The second kappa shape index (κ2) is 16.7. The number of methoxy groups -OCH3 is 3. The molecule has 182 valence electrons. The maximum atomic E-state index is 13.1. The summed E-state index contributed by atoms with van der Waals surface area (Å²) in [4.78, 5) is 13.1. The van der Waals surface area contributed by atoms with Gasteiger partial charge in [0.2, 0.25) is 17.2 Å². The Hall–Kier alpha value is -1.86. The first-order valence-corrected chi connectivity index (χ1v) is 12.4. The van der Waals surface area contributed by atoms with Crippen molar-refractivity contribution in [2.24, 2.45) is 0 Å². The van der Waals surface area contributed by atoms with E-state index in [1.54, 1.807) is 33.5 Å². The van der Waals surface area contributed by atoms with E-state index in [4.69, 9.17) is 23.7 Å². The molecule has 2 aromatic carbocycles. The van der Waals surface area contributed by atoms with Gasteiger partial charge in [-0.15, -0.1) is 5.30 Å². The van der Waals surface area contributed by atoms with Crippen molar-refractivity contribution in [1.29, 1.82) is 0 Å². The first kappa shape index (κ1) is 30.2. The summed E-state index contributed by atoms with van der Waals surface area (Å²) >= 11 is 0. The van der Waals surface area contributed by atoms with Gasteiger partial charge < -0.3 is 37.1 Å². The summed E-state index contributed by atoms with van der Waals surface area (Å²) < 4.78 is 29.5. The van der Waals surface area contributed by atoms with Crippen LogP contribution in [0.25, 0.3) is 0 Å². The number of hydrogen-bond donors (Lipinski definition) is 0.